The van der Waals surface area contributed by atoms with Crippen molar-refractivity contribution in [1.82, 2.24) is 10.2 Å². The molecule has 1 N–H and O–H groups in total. The SMILES string of the molecule is COC1C(C)C(NC(=O)c2ccc3c(c2)C(=O)N(Cc2ccco2)C3=O)C1(C)C. The molecule has 1 fully saturated rings. The van der Waals surface area contributed by atoms with Gasteiger partial charge in [-0.25, -0.2) is 0 Å². The van der Waals surface area contributed by atoms with Crippen LogP contribution in [0.1, 0.15) is 57.6 Å². The molecule has 1 saturated carbocycles. The van der Waals surface area contributed by atoms with E-state index in [1.807, 2.05) is 6.92 Å². The molecule has 1 aromatic heterocycles. The van der Waals surface area contributed by atoms with Gasteiger partial charge in [0.1, 0.15) is 5.76 Å². The Hall–Kier alpha value is -2.93. The zero-order valence-electron chi connectivity index (χ0n) is 16.9. The van der Waals surface area contributed by atoms with Crippen LogP contribution in [0.3, 0.4) is 0 Å². The second-order valence-electron chi connectivity index (χ2n) is 8.32. The lowest BCUT2D eigenvalue weighted by Crippen LogP contribution is -2.67. The number of nitrogens with zero attached hydrogens (tertiary/aromatic N) is 1. The van der Waals surface area contributed by atoms with Gasteiger partial charge in [0.25, 0.3) is 17.7 Å². The van der Waals surface area contributed by atoms with E-state index >= 15 is 0 Å². The number of benzene rings is 1. The molecule has 2 aromatic rings. The van der Waals surface area contributed by atoms with Crippen LogP contribution in [0.15, 0.2) is 41.0 Å². The molecule has 1 aliphatic carbocycles. The number of furan rings is 1. The van der Waals surface area contributed by atoms with E-state index in [0.29, 0.717) is 16.9 Å². The highest BCUT2D eigenvalue weighted by Gasteiger charge is 2.55. The summed E-state index contributed by atoms with van der Waals surface area (Å²) in [6.07, 6.45) is 1.56. The highest BCUT2D eigenvalue weighted by atomic mass is 16.5. The van der Waals surface area contributed by atoms with Crippen molar-refractivity contribution in [3.8, 4) is 0 Å². The van der Waals surface area contributed by atoms with Gasteiger partial charge in [-0.15, -0.1) is 0 Å². The average molecular weight is 396 g/mol. The molecule has 7 nitrogen and oxygen atoms in total. The predicted molar refractivity (Wildman–Crippen MR) is 104 cm³/mol. The number of carbonyl (C=O) groups excluding carboxylic acids is 3. The number of ether oxygens (including phenoxy) is 1. The molecule has 7 heteroatoms. The minimum atomic E-state index is -0.423. The van der Waals surface area contributed by atoms with Crippen molar-refractivity contribution >= 4 is 17.7 Å². The zero-order valence-corrected chi connectivity index (χ0v) is 16.9. The molecule has 0 saturated heterocycles. The first-order valence-electron chi connectivity index (χ1n) is 9.62. The molecule has 2 heterocycles. The Labute approximate surface area is 169 Å². The first-order chi connectivity index (χ1) is 13.8. The second kappa shape index (κ2) is 6.84. The smallest absolute Gasteiger partial charge is 0.261 e. The minimum absolute atomic E-state index is 0.0408. The molecule has 0 radical (unpaired) electrons. The second-order valence-corrected chi connectivity index (χ2v) is 8.32. The third kappa shape index (κ3) is 2.97. The number of rotatable bonds is 5. The highest BCUT2D eigenvalue weighted by Crippen LogP contribution is 2.47. The Balaban J connectivity index is 1.52. The van der Waals surface area contributed by atoms with Crippen LogP contribution in [0, 0.1) is 11.3 Å². The van der Waals surface area contributed by atoms with E-state index in [1.54, 1.807) is 31.4 Å². The molecule has 0 spiro atoms. The van der Waals surface area contributed by atoms with Crippen molar-refractivity contribution in [2.45, 2.75) is 39.5 Å². The van der Waals surface area contributed by atoms with E-state index in [9.17, 15) is 14.4 Å². The Morgan fingerprint density at radius 2 is 1.93 bits per heavy atom. The van der Waals surface area contributed by atoms with Gasteiger partial charge in [-0.3, -0.25) is 19.3 Å². The molecule has 1 aliphatic heterocycles. The van der Waals surface area contributed by atoms with Gasteiger partial charge >= 0.3 is 0 Å². The van der Waals surface area contributed by atoms with E-state index < -0.39 is 5.91 Å². The van der Waals surface area contributed by atoms with Gasteiger partial charge in [0.15, 0.2) is 0 Å². The summed E-state index contributed by atoms with van der Waals surface area (Å²) >= 11 is 0. The molecule has 4 rings (SSSR count). The Morgan fingerprint density at radius 3 is 2.55 bits per heavy atom. The highest BCUT2D eigenvalue weighted by molar-refractivity contribution is 6.22. The topological polar surface area (TPSA) is 88.8 Å². The molecular weight excluding hydrogens is 372 g/mol. The molecule has 3 atom stereocenters. The van der Waals surface area contributed by atoms with E-state index in [0.717, 1.165) is 4.90 Å². The van der Waals surface area contributed by atoms with Crippen molar-refractivity contribution in [1.29, 1.82) is 0 Å². The number of methoxy groups -OCH3 is 1. The number of hydrogen-bond acceptors (Lipinski definition) is 5. The molecule has 2 aliphatic rings. The lowest BCUT2D eigenvalue weighted by Gasteiger charge is -2.56. The lowest BCUT2D eigenvalue weighted by atomic mass is 9.58. The molecule has 3 unspecified atom stereocenters. The molecule has 0 bridgehead atoms. The Bertz CT molecular complexity index is 979. The van der Waals surface area contributed by atoms with Crippen LogP contribution in [-0.2, 0) is 11.3 Å². The van der Waals surface area contributed by atoms with Crippen molar-refractivity contribution in [2.24, 2.45) is 11.3 Å². The van der Waals surface area contributed by atoms with E-state index in [2.05, 4.69) is 19.2 Å². The largest absolute Gasteiger partial charge is 0.467 e. The summed E-state index contributed by atoms with van der Waals surface area (Å²) in [4.78, 5) is 39.3. The number of carbonyl (C=O) groups is 3. The Kier molecular flexibility index (Phi) is 4.58. The Morgan fingerprint density at radius 1 is 1.21 bits per heavy atom. The van der Waals surface area contributed by atoms with Crippen LogP contribution in [0.4, 0.5) is 0 Å². The summed E-state index contributed by atoms with van der Waals surface area (Å²) in [5.41, 5.74) is 0.708. The zero-order chi connectivity index (χ0) is 20.9. The first kappa shape index (κ1) is 19.4. The summed E-state index contributed by atoms with van der Waals surface area (Å²) in [5.74, 6) is -0.373. The van der Waals surface area contributed by atoms with Crippen LogP contribution in [0.5, 0.6) is 0 Å². The number of hydrogen-bond donors (Lipinski definition) is 1. The van der Waals surface area contributed by atoms with Crippen molar-refractivity contribution in [3.63, 3.8) is 0 Å². The fourth-order valence-electron chi connectivity index (χ4n) is 4.78. The van der Waals surface area contributed by atoms with Gasteiger partial charge in [0.2, 0.25) is 0 Å². The number of fused-ring (bicyclic) bond motifs is 1. The molecule has 3 amide bonds. The normalized spacial score (nSPS) is 25.0. The first-order valence-corrected chi connectivity index (χ1v) is 9.62. The van der Waals surface area contributed by atoms with E-state index in [-0.39, 0.29) is 47.4 Å². The van der Waals surface area contributed by atoms with Gasteiger partial charge in [-0.2, -0.15) is 0 Å². The third-order valence-electron chi connectivity index (χ3n) is 6.21. The van der Waals surface area contributed by atoms with Crippen LogP contribution in [-0.4, -0.2) is 41.9 Å². The van der Waals surface area contributed by atoms with Crippen LogP contribution in [0.25, 0.3) is 0 Å². The predicted octanol–water partition coefficient (Wildman–Crippen LogP) is 2.87. The van der Waals surface area contributed by atoms with Crippen LogP contribution >= 0.6 is 0 Å². The monoisotopic (exact) mass is 396 g/mol. The lowest BCUT2D eigenvalue weighted by molar-refractivity contribution is -0.141. The van der Waals surface area contributed by atoms with Crippen molar-refractivity contribution in [3.05, 3.63) is 59.0 Å². The fourth-order valence-corrected chi connectivity index (χ4v) is 4.78. The summed E-state index contributed by atoms with van der Waals surface area (Å²) in [6, 6.07) is 7.99. The van der Waals surface area contributed by atoms with E-state index in [4.69, 9.17) is 9.15 Å². The summed E-state index contributed by atoms with van der Waals surface area (Å²) in [6.45, 7) is 6.22. The summed E-state index contributed by atoms with van der Waals surface area (Å²) in [5, 5.41) is 3.06. The third-order valence-corrected chi connectivity index (χ3v) is 6.21. The quantitative estimate of drug-likeness (QED) is 0.785. The van der Waals surface area contributed by atoms with Gasteiger partial charge in [-0.05, 0) is 30.3 Å². The number of amides is 3. The standard InChI is InChI=1S/C22H24N2O5/c1-12-17(22(2,3)18(12)28-4)23-19(25)13-7-8-15-16(10-13)21(27)24(20(15)26)11-14-6-5-9-29-14/h5-10,12,17-18H,11H2,1-4H3,(H,23,25). The van der Waals surface area contributed by atoms with Crippen LogP contribution in [0.2, 0.25) is 0 Å². The van der Waals surface area contributed by atoms with Crippen LogP contribution < -0.4 is 5.32 Å². The maximum atomic E-state index is 12.8. The van der Waals surface area contributed by atoms with Gasteiger partial charge in [-0.1, -0.05) is 20.8 Å². The number of imide groups is 1. The molecule has 152 valence electrons. The van der Waals surface area contributed by atoms with Gasteiger partial charge in [0, 0.05) is 30.0 Å². The van der Waals surface area contributed by atoms with Gasteiger partial charge < -0.3 is 14.5 Å². The minimum Gasteiger partial charge on any atom is -0.467 e. The van der Waals surface area contributed by atoms with Crippen molar-refractivity contribution in [2.75, 3.05) is 7.11 Å². The maximum absolute atomic E-state index is 12.8. The molecule has 1 aromatic carbocycles. The fraction of sp³-hybridized carbons (Fsp3) is 0.409. The maximum Gasteiger partial charge on any atom is 0.261 e. The summed E-state index contributed by atoms with van der Waals surface area (Å²) < 4.78 is 10.8. The van der Waals surface area contributed by atoms with Gasteiger partial charge in [0.05, 0.1) is 30.0 Å². The average Bonchev–Trinajstić information content (AvgIpc) is 3.29. The number of nitrogens with one attached hydrogen (secondary N) is 1. The summed E-state index contributed by atoms with van der Waals surface area (Å²) in [7, 11) is 1.68. The van der Waals surface area contributed by atoms with Crippen molar-refractivity contribution < 1.29 is 23.5 Å². The van der Waals surface area contributed by atoms with E-state index in [1.165, 1.54) is 12.3 Å². The molecular formula is C22H24N2O5. The molecule has 29 heavy (non-hydrogen) atoms.